The molecule has 0 radical (unpaired) electrons. The van der Waals surface area contributed by atoms with E-state index in [0.29, 0.717) is 24.2 Å². The van der Waals surface area contributed by atoms with Gasteiger partial charge in [0, 0.05) is 68.7 Å². The zero-order valence-corrected chi connectivity index (χ0v) is 18.9. The summed E-state index contributed by atoms with van der Waals surface area (Å²) in [6, 6.07) is 10.5. The molecule has 2 aromatic rings. The van der Waals surface area contributed by atoms with Gasteiger partial charge in [0.05, 0.1) is 0 Å². The molecular formula is C25H35N5O. The predicted octanol–water partition coefficient (Wildman–Crippen LogP) is 3.55. The standard InChI is InChI=1S/C25H35N5O/c1-20(2)25-26-17-22(18-27-25)19-28-10-8-21(9-11-28)16-24(31)30-14-12-29(13-15-30)23-6-4-3-5-7-23/h3-7,17-18,20-21H,8-16,19H2,1-2H3. The monoisotopic (exact) mass is 421 g/mol. The second-order valence-electron chi connectivity index (χ2n) is 9.23. The Bertz CT molecular complexity index is 823. The first kappa shape index (κ1) is 21.8. The summed E-state index contributed by atoms with van der Waals surface area (Å²) in [4.78, 5) is 28.7. The minimum absolute atomic E-state index is 0.337. The Labute approximate surface area is 186 Å². The highest BCUT2D eigenvalue weighted by Gasteiger charge is 2.26. The van der Waals surface area contributed by atoms with Gasteiger partial charge in [-0.15, -0.1) is 0 Å². The molecule has 1 amide bonds. The van der Waals surface area contributed by atoms with E-state index in [1.807, 2.05) is 18.5 Å². The largest absolute Gasteiger partial charge is 0.368 e. The van der Waals surface area contributed by atoms with E-state index >= 15 is 0 Å². The highest BCUT2D eigenvalue weighted by molar-refractivity contribution is 5.76. The molecule has 166 valence electrons. The van der Waals surface area contributed by atoms with E-state index < -0.39 is 0 Å². The smallest absolute Gasteiger partial charge is 0.222 e. The van der Waals surface area contributed by atoms with Gasteiger partial charge < -0.3 is 9.80 Å². The van der Waals surface area contributed by atoms with Crippen molar-refractivity contribution < 1.29 is 4.79 Å². The van der Waals surface area contributed by atoms with Crippen molar-refractivity contribution >= 4 is 11.6 Å². The average Bonchev–Trinajstić information content (AvgIpc) is 2.81. The molecule has 0 bridgehead atoms. The third kappa shape index (κ3) is 5.82. The van der Waals surface area contributed by atoms with E-state index in [1.54, 1.807) is 0 Å². The Kier molecular flexibility index (Phi) is 7.17. The summed E-state index contributed by atoms with van der Waals surface area (Å²) in [6.45, 7) is 10.7. The fourth-order valence-corrected chi connectivity index (χ4v) is 4.58. The summed E-state index contributed by atoms with van der Waals surface area (Å²) < 4.78 is 0. The quantitative estimate of drug-likeness (QED) is 0.714. The number of carbonyl (C=O) groups excluding carboxylic acids is 1. The fraction of sp³-hybridized carbons (Fsp3) is 0.560. The van der Waals surface area contributed by atoms with Crippen LogP contribution in [0.1, 0.15) is 50.4 Å². The zero-order valence-electron chi connectivity index (χ0n) is 18.9. The van der Waals surface area contributed by atoms with Gasteiger partial charge in [-0.05, 0) is 44.0 Å². The maximum atomic E-state index is 12.8. The number of benzene rings is 1. The SMILES string of the molecule is CC(C)c1ncc(CN2CCC(CC(=O)N3CCN(c4ccccc4)CC3)CC2)cn1. The number of hydrogen-bond acceptors (Lipinski definition) is 5. The minimum atomic E-state index is 0.337. The lowest BCUT2D eigenvalue weighted by atomic mass is 9.92. The van der Waals surface area contributed by atoms with Crippen molar-refractivity contribution in [3.05, 3.63) is 54.1 Å². The number of carbonyl (C=O) groups is 1. The molecular weight excluding hydrogens is 386 g/mol. The lowest BCUT2D eigenvalue weighted by molar-refractivity contribution is -0.132. The fourth-order valence-electron chi connectivity index (χ4n) is 4.58. The van der Waals surface area contributed by atoms with E-state index in [4.69, 9.17) is 0 Å². The maximum absolute atomic E-state index is 12.8. The van der Waals surface area contributed by atoms with Crippen molar-refractivity contribution in [2.75, 3.05) is 44.2 Å². The first-order chi connectivity index (χ1) is 15.1. The van der Waals surface area contributed by atoms with E-state index in [0.717, 1.165) is 64.5 Å². The second-order valence-corrected chi connectivity index (χ2v) is 9.23. The van der Waals surface area contributed by atoms with Crippen molar-refractivity contribution in [3.8, 4) is 0 Å². The maximum Gasteiger partial charge on any atom is 0.222 e. The highest BCUT2D eigenvalue weighted by Crippen LogP contribution is 2.24. The van der Waals surface area contributed by atoms with Crippen molar-refractivity contribution in [2.45, 2.75) is 45.6 Å². The predicted molar refractivity (Wildman–Crippen MR) is 124 cm³/mol. The normalized spacial score (nSPS) is 18.5. The number of amides is 1. The average molecular weight is 422 g/mol. The van der Waals surface area contributed by atoms with Gasteiger partial charge in [-0.1, -0.05) is 32.0 Å². The van der Waals surface area contributed by atoms with Gasteiger partial charge in [-0.25, -0.2) is 9.97 Å². The first-order valence-corrected chi connectivity index (χ1v) is 11.7. The topological polar surface area (TPSA) is 52.6 Å². The number of anilines is 1. The van der Waals surface area contributed by atoms with Gasteiger partial charge >= 0.3 is 0 Å². The van der Waals surface area contributed by atoms with Crippen LogP contribution in [0, 0.1) is 5.92 Å². The van der Waals surface area contributed by atoms with E-state index in [-0.39, 0.29) is 0 Å². The molecule has 2 aliphatic rings. The summed E-state index contributed by atoms with van der Waals surface area (Å²) in [5.74, 6) is 2.12. The third-order valence-electron chi connectivity index (χ3n) is 6.57. The van der Waals surface area contributed by atoms with Crippen LogP contribution < -0.4 is 4.90 Å². The molecule has 2 saturated heterocycles. The number of para-hydroxylation sites is 1. The van der Waals surface area contributed by atoms with Crippen LogP contribution >= 0.6 is 0 Å². The molecule has 0 atom stereocenters. The highest BCUT2D eigenvalue weighted by atomic mass is 16.2. The molecule has 2 fully saturated rings. The van der Waals surface area contributed by atoms with Crippen LogP contribution in [-0.2, 0) is 11.3 Å². The van der Waals surface area contributed by atoms with E-state index in [1.165, 1.54) is 11.3 Å². The summed E-state index contributed by atoms with van der Waals surface area (Å²) in [7, 11) is 0. The van der Waals surface area contributed by atoms with Crippen LogP contribution in [-0.4, -0.2) is 64.9 Å². The summed E-state index contributed by atoms with van der Waals surface area (Å²) in [5.41, 5.74) is 2.43. The number of likely N-dealkylation sites (tertiary alicyclic amines) is 1. The second kappa shape index (κ2) is 10.2. The molecule has 4 rings (SSSR count). The van der Waals surface area contributed by atoms with Gasteiger partial charge in [-0.3, -0.25) is 9.69 Å². The first-order valence-electron chi connectivity index (χ1n) is 11.7. The van der Waals surface area contributed by atoms with Gasteiger partial charge in [0.25, 0.3) is 0 Å². The third-order valence-corrected chi connectivity index (χ3v) is 6.57. The van der Waals surface area contributed by atoms with E-state index in [2.05, 4.69) is 62.8 Å². The number of piperazine rings is 1. The molecule has 0 N–H and O–H groups in total. The molecule has 6 heteroatoms. The van der Waals surface area contributed by atoms with Crippen molar-refractivity contribution in [1.29, 1.82) is 0 Å². The van der Waals surface area contributed by atoms with Crippen molar-refractivity contribution in [2.24, 2.45) is 5.92 Å². The molecule has 0 spiro atoms. The van der Waals surface area contributed by atoms with Gasteiger partial charge in [0.15, 0.2) is 0 Å². The van der Waals surface area contributed by atoms with Gasteiger partial charge in [0.2, 0.25) is 5.91 Å². The van der Waals surface area contributed by atoms with Crippen molar-refractivity contribution in [1.82, 2.24) is 19.8 Å². The summed E-state index contributed by atoms with van der Waals surface area (Å²) in [6.07, 6.45) is 6.83. The van der Waals surface area contributed by atoms with Crippen molar-refractivity contribution in [3.63, 3.8) is 0 Å². The minimum Gasteiger partial charge on any atom is -0.368 e. The number of piperidine rings is 1. The van der Waals surface area contributed by atoms with Crippen LogP contribution in [0.5, 0.6) is 0 Å². The van der Waals surface area contributed by atoms with Gasteiger partial charge in [-0.2, -0.15) is 0 Å². The number of nitrogens with zero attached hydrogens (tertiary/aromatic N) is 5. The molecule has 6 nitrogen and oxygen atoms in total. The van der Waals surface area contributed by atoms with Gasteiger partial charge in [0.1, 0.15) is 5.82 Å². The molecule has 0 unspecified atom stereocenters. The zero-order chi connectivity index (χ0) is 21.6. The molecule has 31 heavy (non-hydrogen) atoms. The lowest BCUT2D eigenvalue weighted by Gasteiger charge is -2.37. The molecule has 3 heterocycles. The van der Waals surface area contributed by atoms with E-state index in [9.17, 15) is 4.79 Å². The van der Waals surface area contributed by atoms with Crippen LogP contribution in [0.25, 0.3) is 0 Å². The lowest BCUT2D eigenvalue weighted by Crippen LogP contribution is -2.49. The molecule has 1 aromatic carbocycles. The number of hydrogen-bond donors (Lipinski definition) is 0. The van der Waals surface area contributed by atoms with Crippen LogP contribution in [0.3, 0.4) is 0 Å². The molecule has 0 aliphatic carbocycles. The summed E-state index contributed by atoms with van der Waals surface area (Å²) in [5, 5.41) is 0. The van der Waals surface area contributed by atoms with Crippen LogP contribution in [0.15, 0.2) is 42.7 Å². The summed E-state index contributed by atoms with van der Waals surface area (Å²) >= 11 is 0. The Morgan fingerprint density at radius 2 is 1.61 bits per heavy atom. The number of rotatable bonds is 6. The molecule has 1 aromatic heterocycles. The Hall–Kier alpha value is -2.47. The number of aromatic nitrogens is 2. The van der Waals surface area contributed by atoms with Crippen LogP contribution in [0.2, 0.25) is 0 Å². The Morgan fingerprint density at radius 3 is 2.23 bits per heavy atom. The molecule has 2 aliphatic heterocycles. The Balaban J connectivity index is 1.18. The van der Waals surface area contributed by atoms with Crippen LogP contribution in [0.4, 0.5) is 5.69 Å². The Morgan fingerprint density at radius 1 is 0.968 bits per heavy atom. The molecule has 0 saturated carbocycles.